The summed E-state index contributed by atoms with van der Waals surface area (Å²) in [7, 11) is -3.80. The number of hydrogen-bond donors (Lipinski definition) is 2. The number of para-hydroxylation sites is 1. The van der Waals surface area contributed by atoms with Gasteiger partial charge < -0.3 is 9.52 Å². The highest BCUT2D eigenvalue weighted by atomic mass is 32.2. The maximum atomic E-state index is 12.6. The van der Waals surface area contributed by atoms with E-state index >= 15 is 0 Å². The van der Waals surface area contributed by atoms with Crippen molar-refractivity contribution in [3.63, 3.8) is 0 Å². The number of aromatic nitrogens is 1. The van der Waals surface area contributed by atoms with Gasteiger partial charge in [0.2, 0.25) is 10.0 Å². The number of pyridine rings is 1. The summed E-state index contributed by atoms with van der Waals surface area (Å²) in [5.74, 6) is 1.24. The zero-order valence-electron chi connectivity index (χ0n) is 13.4. The lowest BCUT2D eigenvalue weighted by Gasteiger charge is -2.12. The van der Waals surface area contributed by atoms with Crippen molar-refractivity contribution in [1.29, 1.82) is 0 Å². The van der Waals surface area contributed by atoms with Crippen molar-refractivity contribution < 1.29 is 17.9 Å². The minimum atomic E-state index is -3.80. The van der Waals surface area contributed by atoms with Crippen LogP contribution in [0.2, 0.25) is 0 Å². The van der Waals surface area contributed by atoms with Gasteiger partial charge in [0.25, 0.3) is 0 Å². The molecule has 2 heterocycles. The molecule has 3 rings (SSSR count). The molecule has 2 N–H and O–H groups in total. The fraction of sp³-hybridized carbons (Fsp3) is 0.235. The lowest BCUT2D eigenvalue weighted by molar-refractivity contribution is 0.180. The lowest BCUT2D eigenvalue weighted by atomic mass is 10.1. The van der Waals surface area contributed by atoms with Crippen LogP contribution in [0.1, 0.15) is 23.2 Å². The predicted molar refractivity (Wildman–Crippen MR) is 90.1 cm³/mol. The second-order valence-corrected chi connectivity index (χ2v) is 7.30. The van der Waals surface area contributed by atoms with Gasteiger partial charge in [-0.3, -0.25) is 4.98 Å². The fourth-order valence-corrected chi connectivity index (χ4v) is 3.87. The van der Waals surface area contributed by atoms with Crippen molar-refractivity contribution in [1.82, 2.24) is 9.71 Å². The van der Waals surface area contributed by atoms with E-state index in [4.69, 9.17) is 4.42 Å². The van der Waals surface area contributed by atoms with Crippen LogP contribution in [0, 0.1) is 13.8 Å². The van der Waals surface area contributed by atoms with E-state index in [1.165, 1.54) is 6.07 Å². The molecule has 0 aliphatic rings. The molecule has 126 valence electrons. The molecule has 2 aromatic heterocycles. The highest BCUT2D eigenvalue weighted by Crippen LogP contribution is 2.23. The molecule has 1 aromatic carbocycles. The van der Waals surface area contributed by atoms with E-state index in [2.05, 4.69) is 9.71 Å². The Morgan fingerprint density at radius 1 is 1.25 bits per heavy atom. The number of hydrogen-bond acceptors (Lipinski definition) is 5. The molecular weight excluding hydrogens is 328 g/mol. The summed E-state index contributed by atoms with van der Waals surface area (Å²) in [5, 5.41) is 11.0. The number of nitrogens with zero attached hydrogens (tertiary/aromatic N) is 1. The van der Waals surface area contributed by atoms with Crippen LogP contribution < -0.4 is 4.72 Å². The van der Waals surface area contributed by atoms with E-state index in [1.807, 2.05) is 0 Å². The molecule has 0 fully saturated rings. The first-order valence-corrected chi connectivity index (χ1v) is 8.95. The molecule has 0 radical (unpaired) electrons. The third-order valence-electron chi connectivity index (χ3n) is 3.79. The minimum absolute atomic E-state index is 0.0906. The highest BCUT2D eigenvalue weighted by molar-refractivity contribution is 7.89. The summed E-state index contributed by atoms with van der Waals surface area (Å²) >= 11 is 0. The number of benzene rings is 1. The van der Waals surface area contributed by atoms with E-state index in [0.29, 0.717) is 22.6 Å². The van der Waals surface area contributed by atoms with Crippen LogP contribution in [-0.2, 0) is 10.0 Å². The maximum absolute atomic E-state index is 12.6. The van der Waals surface area contributed by atoms with Gasteiger partial charge >= 0.3 is 0 Å². The van der Waals surface area contributed by atoms with E-state index in [0.717, 1.165) is 5.39 Å². The summed E-state index contributed by atoms with van der Waals surface area (Å²) < 4.78 is 33.0. The number of aryl methyl sites for hydroxylation is 2. The third kappa shape index (κ3) is 3.19. The van der Waals surface area contributed by atoms with Gasteiger partial charge in [-0.25, -0.2) is 13.1 Å². The molecule has 3 aromatic rings. The van der Waals surface area contributed by atoms with E-state index in [-0.39, 0.29) is 11.4 Å². The van der Waals surface area contributed by atoms with Crippen molar-refractivity contribution in [3.05, 3.63) is 59.7 Å². The van der Waals surface area contributed by atoms with Crippen molar-refractivity contribution in [2.45, 2.75) is 24.8 Å². The van der Waals surface area contributed by atoms with Gasteiger partial charge in [-0.2, -0.15) is 0 Å². The van der Waals surface area contributed by atoms with E-state index in [1.54, 1.807) is 50.4 Å². The average Bonchev–Trinajstić information content (AvgIpc) is 2.90. The molecule has 7 heteroatoms. The SMILES string of the molecule is Cc1cc(C(O)CNS(=O)(=O)c2cccc3cccnc23)c(C)o1. The lowest BCUT2D eigenvalue weighted by Crippen LogP contribution is -2.29. The Bertz CT molecular complexity index is 974. The van der Waals surface area contributed by atoms with Gasteiger partial charge in [0.05, 0.1) is 11.6 Å². The van der Waals surface area contributed by atoms with Gasteiger partial charge in [0.1, 0.15) is 16.4 Å². The smallest absolute Gasteiger partial charge is 0.242 e. The summed E-state index contributed by atoms with van der Waals surface area (Å²) in [6.07, 6.45) is 0.563. The Morgan fingerprint density at radius 2 is 2.00 bits per heavy atom. The molecule has 0 aliphatic heterocycles. The van der Waals surface area contributed by atoms with Crippen LogP contribution in [0.4, 0.5) is 0 Å². The normalized spacial score (nSPS) is 13.3. The zero-order valence-corrected chi connectivity index (χ0v) is 14.2. The Kier molecular flexibility index (Phi) is 4.40. The maximum Gasteiger partial charge on any atom is 0.242 e. The van der Waals surface area contributed by atoms with Crippen LogP contribution in [-0.4, -0.2) is 25.1 Å². The third-order valence-corrected chi connectivity index (χ3v) is 5.25. The molecule has 1 atom stereocenters. The standard InChI is InChI=1S/C17H18N2O4S/c1-11-9-14(12(2)23-11)15(20)10-19-24(21,22)16-7-3-5-13-6-4-8-18-17(13)16/h3-9,15,19-20H,10H2,1-2H3. The molecule has 1 unspecified atom stereocenters. The van der Waals surface area contributed by atoms with Crippen molar-refractivity contribution in [2.24, 2.45) is 0 Å². The van der Waals surface area contributed by atoms with E-state index in [9.17, 15) is 13.5 Å². The average molecular weight is 346 g/mol. The summed E-state index contributed by atoms with van der Waals surface area (Å²) in [6, 6.07) is 10.2. The first kappa shape index (κ1) is 16.6. The van der Waals surface area contributed by atoms with Crippen LogP contribution in [0.3, 0.4) is 0 Å². The first-order chi connectivity index (χ1) is 11.4. The molecule has 0 aliphatic carbocycles. The molecular formula is C17H18N2O4S. The number of aliphatic hydroxyl groups excluding tert-OH is 1. The quantitative estimate of drug-likeness (QED) is 0.740. The fourth-order valence-electron chi connectivity index (χ4n) is 2.65. The molecule has 0 bridgehead atoms. The number of sulfonamides is 1. The van der Waals surface area contributed by atoms with Gasteiger partial charge in [-0.1, -0.05) is 18.2 Å². The zero-order chi connectivity index (χ0) is 17.3. The van der Waals surface area contributed by atoms with Gasteiger partial charge in [0, 0.05) is 23.7 Å². The molecule has 0 spiro atoms. The van der Waals surface area contributed by atoms with E-state index < -0.39 is 16.1 Å². The Morgan fingerprint density at radius 3 is 2.71 bits per heavy atom. The predicted octanol–water partition coefficient (Wildman–Crippen LogP) is 2.46. The Hall–Kier alpha value is -2.22. The summed E-state index contributed by atoms with van der Waals surface area (Å²) in [5.41, 5.74) is 0.976. The van der Waals surface area contributed by atoms with Crippen LogP contribution in [0.5, 0.6) is 0 Å². The Balaban J connectivity index is 1.85. The molecule has 0 saturated carbocycles. The second-order valence-electron chi connectivity index (χ2n) is 5.57. The number of fused-ring (bicyclic) bond motifs is 1. The van der Waals surface area contributed by atoms with Crippen molar-refractivity contribution in [2.75, 3.05) is 6.54 Å². The van der Waals surface area contributed by atoms with Crippen LogP contribution in [0.25, 0.3) is 10.9 Å². The minimum Gasteiger partial charge on any atom is -0.466 e. The van der Waals surface area contributed by atoms with Gasteiger partial charge in [-0.05, 0) is 32.0 Å². The number of nitrogens with one attached hydrogen (secondary N) is 1. The number of aliphatic hydroxyl groups is 1. The molecule has 0 saturated heterocycles. The monoisotopic (exact) mass is 346 g/mol. The summed E-state index contributed by atoms with van der Waals surface area (Å²) in [6.45, 7) is 3.36. The number of furan rings is 1. The van der Waals surface area contributed by atoms with Crippen LogP contribution in [0.15, 0.2) is 51.9 Å². The highest BCUT2D eigenvalue weighted by Gasteiger charge is 2.21. The van der Waals surface area contributed by atoms with Gasteiger partial charge in [0.15, 0.2) is 0 Å². The molecule has 6 nitrogen and oxygen atoms in total. The van der Waals surface area contributed by atoms with Crippen LogP contribution >= 0.6 is 0 Å². The van der Waals surface area contributed by atoms with Gasteiger partial charge in [-0.15, -0.1) is 0 Å². The molecule has 0 amide bonds. The van der Waals surface area contributed by atoms with Crippen molar-refractivity contribution in [3.8, 4) is 0 Å². The largest absolute Gasteiger partial charge is 0.466 e. The molecule has 24 heavy (non-hydrogen) atoms. The topological polar surface area (TPSA) is 92.4 Å². The second kappa shape index (κ2) is 6.35. The van der Waals surface area contributed by atoms with Crippen molar-refractivity contribution >= 4 is 20.9 Å². The first-order valence-electron chi connectivity index (χ1n) is 7.47. The summed E-state index contributed by atoms with van der Waals surface area (Å²) in [4.78, 5) is 4.24. The number of rotatable bonds is 5. The Labute approximate surface area is 140 Å².